The van der Waals surface area contributed by atoms with Gasteiger partial charge in [-0.05, 0) is 45.9 Å². The maximum atomic E-state index is 13.1. The molecule has 1 atom stereocenters. The van der Waals surface area contributed by atoms with Crippen LogP contribution in [0.25, 0.3) is 22.5 Å². The molecule has 0 saturated heterocycles. The maximum absolute atomic E-state index is 13.1. The highest BCUT2D eigenvalue weighted by atomic mass is 16.5. The molecule has 0 aliphatic heterocycles. The number of amides is 1. The van der Waals surface area contributed by atoms with Crippen LogP contribution < -0.4 is 5.32 Å². The predicted molar refractivity (Wildman–Crippen MR) is 107 cm³/mol. The Balaban J connectivity index is 1.70. The molecular weight excluding hydrogens is 370 g/mol. The van der Waals surface area contributed by atoms with E-state index in [4.69, 9.17) is 4.52 Å². The summed E-state index contributed by atoms with van der Waals surface area (Å²) >= 11 is 0. The van der Waals surface area contributed by atoms with E-state index in [1.54, 1.807) is 17.7 Å². The summed E-state index contributed by atoms with van der Waals surface area (Å²) in [6.45, 7) is 9.25. The number of carbonyl (C=O) groups excluding carboxylic acids is 1. The van der Waals surface area contributed by atoms with Gasteiger partial charge in [0, 0.05) is 25.5 Å². The zero-order chi connectivity index (χ0) is 20.5. The van der Waals surface area contributed by atoms with Crippen molar-refractivity contribution in [1.82, 2.24) is 35.0 Å². The molecule has 9 nitrogen and oxygen atoms in total. The van der Waals surface area contributed by atoms with Crippen LogP contribution in [0, 0.1) is 6.92 Å². The number of aryl methyl sites for hydroxylation is 3. The van der Waals surface area contributed by atoms with E-state index in [-0.39, 0.29) is 11.9 Å². The normalized spacial score (nSPS) is 12.4. The number of hydrogen-bond donors (Lipinski definition) is 1. The third-order valence-electron chi connectivity index (χ3n) is 4.87. The van der Waals surface area contributed by atoms with Crippen LogP contribution in [0.3, 0.4) is 0 Å². The van der Waals surface area contributed by atoms with Crippen LogP contribution in [0.1, 0.15) is 48.6 Å². The fourth-order valence-corrected chi connectivity index (χ4v) is 3.21. The van der Waals surface area contributed by atoms with Crippen molar-refractivity contribution in [1.29, 1.82) is 0 Å². The van der Waals surface area contributed by atoms with E-state index in [0.717, 1.165) is 18.8 Å². The Morgan fingerprint density at radius 2 is 1.86 bits per heavy atom. The number of carbonyl (C=O) groups is 1. The minimum atomic E-state index is -0.249. The van der Waals surface area contributed by atoms with Gasteiger partial charge < -0.3 is 9.84 Å². The Morgan fingerprint density at radius 3 is 2.55 bits per heavy atom. The molecule has 0 saturated carbocycles. The lowest BCUT2D eigenvalue weighted by atomic mass is 10.1. The molecule has 0 aromatic carbocycles. The molecule has 0 aliphatic rings. The third-order valence-corrected chi connectivity index (χ3v) is 4.87. The van der Waals surface area contributed by atoms with Crippen LogP contribution in [0.4, 0.5) is 0 Å². The second kappa shape index (κ2) is 7.50. The van der Waals surface area contributed by atoms with Gasteiger partial charge in [0.15, 0.2) is 0 Å². The van der Waals surface area contributed by atoms with E-state index in [0.29, 0.717) is 33.7 Å². The molecule has 4 aromatic heterocycles. The van der Waals surface area contributed by atoms with Crippen molar-refractivity contribution in [3.8, 4) is 11.4 Å². The average Bonchev–Trinajstić information content (AvgIpc) is 3.47. The van der Waals surface area contributed by atoms with Crippen molar-refractivity contribution in [3.05, 3.63) is 47.5 Å². The topological polar surface area (TPSA) is 104 Å². The number of aromatic nitrogens is 6. The van der Waals surface area contributed by atoms with Crippen LogP contribution in [0.15, 0.2) is 35.1 Å². The quantitative estimate of drug-likeness (QED) is 0.540. The molecule has 0 unspecified atom stereocenters. The van der Waals surface area contributed by atoms with Crippen molar-refractivity contribution in [2.45, 2.75) is 46.8 Å². The highest BCUT2D eigenvalue weighted by Crippen LogP contribution is 2.27. The molecular formula is C20H23N7O2. The second-order valence-corrected chi connectivity index (χ2v) is 6.85. The van der Waals surface area contributed by atoms with Crippen LogP contribution in [0.2, 0.25) is 0 Å². The summed E-state index contributed by atoms with van der Waals surface area (Å²) < 4.78 is 8.98. The number of nitrogens with one attached hydrogen (secondary N) is 1. The van der Waals surface area contributed by atoms with Crippen molar-refractivity contribution in [2.24, 2.45) is 0 Å². The van der Waals surface area contributed by atoms with Gasteiger partial charge in [-0.25, -0.2) is 4.98 Å². The molecule has 0 spiro atoms. The van der Waals surface area contributed by atoms with Crippen molar-refractivity contribution < 1.29 is 9.32 Å². The number of hydrogen-bond acceptors (Lipinski definition) is 6. The van der Waals surface area contributed by atoms with E-state index >= 15 is 0 Å². The summed E-state index contributed by atoms with van der Waals surface area (Å²) in [7, 11) is 0. The summed E-state index contributed by atoms with van der Waals surface area (Å²) in [4.78, 5) is 17.7. The molecule has 4 aromatic rings. The van der Waals surface area contributed by atoms with Crippen LogP contribution in [0.5, 0.6) is 0 Å². The minimum Gasteiger partial charge on any atom is -0.344 e. The first-order valence-corrected chi connectivity index (χ1v) is 9.65. The zero-order valence-corrected chi connectivity index (χ0v) is 16.9. The van der Waals surface area contributed by atoms with Crippen LogP contribution >= 0.6 is 0 Å². The summed E-state index contributed by atoms with van der Waals surface area (Å²) in [5.74, 6) is -0.238. The van der Waals surface area contributed by atoms with E-state index in [1.165, 1.54) is 0 Å². The summed E-state index contributed by atoms with van der Waals surface area (Å²) in [5.41, 5.74) is 3.43. The molecule has 150 valence electrons. The van der Waals surface area contributed by atoms with Crippen LogP contribution in [-0.2, 0) is 13.1 Å². The largest absolute Gasteiger partial charge is 0.344 e. The van der Waals surface area contributed by atoms with Gasteiger partial charge in [-0.2, -0.15) is 10.2 Å². The van der Waals surface area contributed by atoms with Gasteiger partial charge >= 0.3 is 0 Å². The summed E-state index contributed by atoms with van der Waals surface area (Å²) in [6.07, 6.45) is 3.77. The molecule has 9 heteroatoms. The Kier molecular flexibility index (Phi) is 4.87. The Hall–Kier alpha value is -3.49. The maximum Gasteiger partial charge on any atom is 0.259 e. The first kappa shape index (κ1) is 18.9. The van der Waals surface area contributed by atoms with Gasteiger partial charge in [0.25, 0.3) is 11.6 Å². The molecule has 4 heterocycles. The summed E-state index contributed by atoms with van der Waals surface area (Å²) in [6, 6.07) is 5.26. The first-order valence-electron chi connectivity index (χ1n) is 9.65. The van der Waals surface area contributed by atoms with Gasteiger partial charge in [0.1, 0.15) is 5.69 Å². The molecule has 1 amide bonds. The smallest absolute Gasteiger partial charge is 0.259 e. The molecule has 0 bridgehead atoms. The Morgan fingerprint density at radius 1 is 1.14 bits per heavy atom. The van der Waals surface area contributed by atoms with E-state index in [2.05, 4.69) is 25.7 Å². The monoisotopic (exact) mass is 393 g/mol. The van der Waals surface area contributed by atoms with Crippen molar-refractivity contribution >= 4 is 17.0 Å². The zero-order valence-electron chi connectivity index (χ0n) is 16.9. The average molecular weight is 393 g/mol. The highest BCUT2D eigenvalue weighted by Gasteiger charge is 2.22. The van der Waals surface area contributed by atoms with E-state index < -0.39 is 0 Å². The van der Waals surface area contributed by atoms with Gasteiger partial charge in [-0.3, -0.25) is 14.2 Å². The Labute approximate surface area is 167 Å². The molecule has 0 fully saturated rings. The predicted octanol–water partition coefficient (Wildman–Crippen LogP) is 3.12. The van der Waals surface area contributed by atoms with Gasteiger partial charge in [0.05, 0.1) is 34.1 Å². The van der Waals surface area contributed by atoms with E-state index in [1.807, 2.05) is 50.0 Å². The molecule has 1 N–H and O–H groups in total. The Bertz CT molecular complexity index is 1170. The minimum absolute atomic E-state index is 0.238. The van der Waals surface area contributed by atoms with Gasteiger partial charge in [0.2, 0.25) is 0 Å². The third kappa shape index (κ3) is 3.51. The SMILES string of the molecule is CCn1ccc(-c2cc(C(=O)N[C@@H](C)c3ccn(CC)n3)c3c(C)noc3n2)n1. The number of nitrogens with zero attached hydrogens (tertiary/aromatic N) is 6. The fourth-order valence-electron chi connectivity index (χ4n) is 3.21. The lowest BCUT2D eigenvalue weighted by Gasteiger charge is -2.12. The number of rotatable bonds is 6. The van der Waals surface area contributed by atoms with E-state index in [9.17, 15) is 4.79 Å². The second-order valence-electron chi connectivity index (χ2n) is 6.85. The lowest BCUT2D eigenvalue weighted by molar-refractivity contribution is 0.0940. The molecule has 0 radical (unpaired) electrons. The fraction of sp³-hybridized carbons (Fsp3) is 0.350. The molecule has 4 rings (SSSR count). The van der Waals surface area contributed by atoms with Gasteiger partial charge in [-0.1, -0.05) is 5.16 Å². The van der Waals surface area contributed by atoms with Gasteiger partial charge in [-0.15, -0.1) is 0 Å². The standard InChI is InChI=1S/C20H23N7O2/c1-5-26-9-7-15(23-26)12(3)21-19(28)14-11-17(16-8-10-27(6-2)24-16)22-20-18(14)13(4)25-29-20/h7-12H,5-6H2,1-4H3,(H,21,28)/t12-/m0/s1. The lowest BCUT2D eigenvalue weighted by Crippen LogP contribution is -2.27. The molecule has 29 heavy (non-hydrogen) atoms. The number of pyridine rings is 1. The number of fused-ring (bicyclic) bond motifs is 1. The van der Waals surface area contributed by atoms with Crippen molar-refractivity contribution in [2.75, 3.05) is 0 Å². The molecule has 0 aliphatic carbocycles. The summed E-state index contributed by atoms with van der Waals surface area (Å²) in [5, 5.41) is 16.6. The highest BCUT2D eigenvalue weighted by molar-refractivity contribution is 6.07. The van der Waals surface area contributed by atoms with Crippen LogP contribution in [-0.4, -0.2) is 35.6 Å². The van der Waals surface area contributed by atoms with Crippen molar-refractivity contribution in [3.63, 3.8) is 0 Å². The first-order chi connectivity index (χ1) is 14.0.